The fraction of sp³-hybridized carbons (Fsp3) is 1.00. The molecule has 0 radical (unpaired) electrons. The fourth-order valence-corrected chi connectivity index (χ4v) is 4.74. The smallest absolute Gasteiger partial charge is 0.0309 e. The van der Waals surface area contributed by atoms with Crippen LogP contribution in [0.1, 0.15) is 73.1 Å². The first-order chi connectivity index (χ1) is 9.81. The molecule has 0 aromatic carbocycles. The maximum Gasteiger partial charge on any atom is 0.0309 e. The minimum Gasteiger partial charge on any atom is -0.308 e. The van der Waals surface area contributed by atoms with E-state index in [0.717, 1.165) is 23.9 Å². The molecule has 1 heterocycles. The largest absolute Gasteiger partial charge is 0.308 e. The van der Waals surface area contributed by atoms with Gasteiger partial charge in [-0.05, 0) is 62.7 Å². The number of nitrogens with zero attached hydrogens (tertiary/aromatic N) is 1. The van der Waals surface area contributed by atoms with Gasteiger partial charge in [0, 0.05) is 30.7 Å². The van der Waals surface area contributed by atoms with E-state index in [9.17, 15) is 0 Å². The molecule has 1 aliphatic heterocycles. The minimum absolute atomic E-state index is 0.387. The second-order valence-corrected chi connectivity index (χ2v) is 9.45. The Hall–Kier alpha value is -0.0800. The molecule has 0 aromatic heterocycles. The first-order valence-corrected chi connectivity index (χ1v) is 9.31. The molecule has 2 saturated carbocycles. The van der Waals surface area contributed by atoms with Crippen LogP contribution in [0.4, 0.5) is 0 Å². The highest BCUT2D eigenvalue weighted by Gasteiger charge is 2.48. The third-order valence-electron chi connectivity index (χ3n) is 6.68. The highest BCUT2D eigenvalue weighted by molar-refractivity contribution is 5.06. The van der Waals surface area contributed by atoms with Crippen LogP contribution in [0.2, 0.25) is 0 Å². The highest BCUT2D eigenvalue weighted by Crippen LogP contribution is 2.44. The summed E-state index contributed by atoms with van der Waals surface area (Å²) in [7, 11) is 0. The Balaban J connectivity index is 1.71. The van der Waals surface area contributed by atoms with Crippen molar-refractivity contribution in [3.63, 3.8) is 0 Å². The third-order valence-corrected chi connectivity index (χ3v) is 6.68. The number of hydrogen-bond acceptors (Lipinski definition) is 2. The van der Waals surface area contributed by atoms with Crippen LogP contribution in [-0.2, 0) is 0 Å². The molecule has 122 valence electrons. The Morgan fingerprint density at radius 1 is 1.00 bits per heavy atom. The summed E-state index contributed by atoms with van der Waals surface area (Å²) in [5, 5.41) is 3.93. The van der Waals surface area contributed by atoms with Gasteiger partial charge >= 0.3 is 0 Å². The van der Waals surface area contributed by atoms with E-state index >= 15 is 0 Å². The molecule has 2 nitrogen and oxygen atoms in total. The summed E-state index contributed by atoms with van der Waals surface area (Å²) in [5.41, 5.74) is 0.968. The van der Waals surface area contributed by atoms with Gasteiger partial charge in [-0.3, -0.25) is 4.90 Å². The van der Waals surface area contributed by atoms with Crippen molar-refractivity contribution >= 4 is 0 Å². The van der Waals surface area contributed by atoms with Crippen molar-refractivity contribution in [2.24, 2.45) is 17.3 Å². The van der Waals surface area contributed by atoms with Crippen LogP contribution in [0, 0.1) is 17.3 Å². The molecule has 0 amide bonds. The van der Waals surface area contributed by atoms with Gasteiger partial charge in [0.25, 0.3) is 0 Å². The predicted molar refractivity (Wildman–Crippen MR) is 90.5 cm³/mol. The molecular formula is C19H36N2. The van der Waals surface area contributed by atoms with E-state index in [1.54, 1.807) is 0 Å². The van der Waals surface area contributed by atoms with Gasteiger partial charge in [0.2, 0.25) is 0 Å². The third kappa shape index (κ3) is 3.32. The summed E-state index contributed by atoms with van der Waals surface area (Å²) in [5.74, 6) is 1.70. The average molecular weight is 293 g/mol. The van der Waals surface area contributed by atoms with Gasteiger partial charge in [0.1, 0.15) is 0 Å². The van der Waals surface area contributed by atoms with E-state index in [1.165, 1.54) is 51.6 Å². The number of nitrogens with one attached hydrogen (secondary N) is 1. The SMILES string of the molecule is CC(C)C1CNC(C)(C2CC2)CN1C1CCC(C)(C)CC1. The molecule has 1 N–H and O–H groups in total. The number of piperazine rings is 1. The van der Waals surface area contributed by atoms with Gasteiger partial charge in [-0.1, -0.05) is 27.7 Å². The van der Waals surface area contributed by atoms with Gasteiger partial charge in [0.15, 0.2) is 0 Å². The van der Waals surface area contributed by atoms with Crippen molar-refractivity contribution in [3.05, 3.63) is 0 Å². The summed E-state index contributed by atoms with van der Waals surface area (Å²) in [6.45, 7) is 14.7. The lowest BCUT2D eigenvalue weighted by atomic mass is 9.74. The molecule has 0 spiro atoms. The quantitative estimate of drug-likeness (QED) is 0.844. The first-order valence-electron chi connectivity index (χ1n) is 9.31. The molecule has 21 heavy (non-hydrogen) atoms. The zero-order valence-electron chi connectivity index (χ0n) is 14.9. The molecule has 2 atom stereocenters. The van der Waals surface area contributed by atoms with Crippen molar-refractivity contribution < 1.29 is 0 Å². The van der Waals surface area contributed by atoms with Crippen LogP contribution in [0.25, 0.3) is 0 Å². The van der Waals surface area contributed by atoms with Crippen molar-refractivity contribution in [3.8, 4) is 0 Å². The molecule has 1 saturated heterocycles. The second kappa shape index (κ2) is 5.53. The van der Waals surface area contributed by atoms with Crippen LogP contribution in [-0.4, -0.2) is 35.6 Å². The Bertz CT molecular complexity index is 362. The summed E-state index contributed by atoms with van der Waals surface area (Å²) < 4.78 is 0. The van der Waals surface area contributed by atoms with E-state index < -0.39 is 0 Å². The highest BCUT2D eigenvalue weighted by atomic mass is 15.3. The standard InChI is InChI=1S/C19H36N2/c1-14(2)17-12-20-19(5,15-6-7-15)13-21(17)16-8-10-18(3,4)11-9-16/h14-17,20H,6-13H2,1-5H3. The topological polar surface area (TPSA) is 15.3 Å². The van der Waals surface area contributed by atoms with E-state index in [0.29, 0.717) is 11.0 Å². The van der Waals surface area contributed by atoms with Crippen LogP contribution >= 0.6 is 0 Å². The molecule has 2 aliphatic carbocycles. The predicted octanol–water partition coefficient (Wildman–Crippen LogP) is 4.05. The van der Waals surface area contributed by atoms with Gasteiger partial charge in [0.05, 0.1) is 0 Å². The zero-order valence-corrected chi connectivity index (χ0v) is 14.9. The Kier molecular flexibility index (Phi) is 4.16. The monoisotopic (exact) mass is 292 g/mol. The molecule has 2 unspecified atom stereocenters. The normalized spacial score (nSPS) is 38.9. The number of rotatable bonds is 3. The molecule has 3 fully saturated rings. The van der Waals surface area contributed by atoms with Crippen LogP contribution in [0.5, 0.6) is 0 Å². The van der Waals surface area contributed by atoms with Crippen molar-refractivity contribution in [2.75, 3.05) is 13.1 Å². The van der Waals surface area contributed by atoms with E-state index in [1.807, 2.05) is 0 Å². The summed E-state index contributed by atoms with van der Waals surface area (Å²) >= 11 is 0. The maximum atomic E-state index is 3.93. The molecule has 2 heteroatoms. The van der Waals surface area contributed by atoms with Crippen molar-refractivity contribution in [2.45, 2.75) is 90.8 Å². The zero-order chi connectivity index (χ0) is 15.3. The van der Waals surface area contributed by atoms with Gasteiger partial charge in [-0.15, -0.1) is 0 Å². The van der Waals surface area contributed by atoms with E-state index in [-0.39, 0.29) is 0 Å². The van der Waals surface area contributed by atoms with Gasteiger partial charge in [-0.25, -0.2) is 0 Å². The molecule has 0 aromatic rings. The lowest BCUT2D eigenvalue weighted by Gasteiger charge is -2.53. The van der Waals surface area contributed by atoms with Crippen molar-refractivity contribution in [1.29, 1.82) is 0 Å². The first kappa shape index (κ1) is 15.8. The summed E-state index contributed by atoms with van der Waals surface area (Å²) in [4.78, 5) is 2.93. The number of hydrogen-bond donors (Lipinski definition) is 1. The fourth-order valence-electron chi connectivity index (χ4n) is 4.74. The molecule has 3 aliphatic rings. The van der Waals surface area contributed by atoms with Crippen LogP contribution < -0.4 is 5.32 Å². The van der Waals surface area contributed by atoms with Crippen molar-refractivity contribution in [1.82, 2.24) is 10.2 Å². The van der Waals surface area contributed by atoms with Crippen LogP contribution in [0.15, 0.2) is 0 Å². The minimum atomic E-state index is 0.387. The average Bonchev–Trinajstić information content (AvgIpc) is 3.22. The lowest BCUT2D eigenvalue weighted by molar-refractivity contribution is -0.00604. The Labute approximate surface area is 132 Å². The lowest BCUT2D eigenvalue weighted by Crippen LogP contribution is -2.67. The van der Waals surface area contributed by atoms with Gasteiger partial charge < -0.3 is 5.32 Å². The van der Waals surface area contributed by atoms with E-state index in [2.05, 4.69) is 44.8 Å². The van der Waals surface area contributed by atoms with E-state index in [4.69, 9.17) is 0 Å². The summed E-state index contributed by atoms with van der Waals surface area (Å²) in [6, 6.07) is 1.58. The molecule has 0 bridgehead atoms. The summed E-state index contributed by atoms with van der Waals surface area (Å²) in [6.07, 6.45) is 8.54. The molecular weight excluding hydrogens is 256 g/mol. The molecule has 3 rings (SSSR count). The second-order valence-electron chi connectivity index (χ2n) is 9.45. The van der Waals surface area contributed by atoms with Crippen LogP contribution in [0.3, 0.4) is 0 Å². The maximum absolute atomic E-state index is 3.93. The Morgan fingerprint density at radius 2 is 1.62 bits per heavy atom. The Morgan fingerprint density at radius 3 is 2.14 bits per heavy atom. The van der Waals surface area contributed by atoms with Gasteiger partial charge in [-0.2, -0.15) is 0 Å².